The summed E-state index contributed by atoms with van der Waals surface area (Å²) in [5.74, 6) is -5.08. The van der Waals surface area contributed by atoms with Crippen LogP contribution in [0.15, 0.2) is 72.8 Å². The minimum atomic E-state index is -6.40. The first-order valence-corrected chi connectivity index (χ1v) is 11.2. The van der Waals surface area contributed by atoms with Crippen molar-refractivity contribution < 1.29 is 57.8 Å². The number of rotatable bonds is 6. The van der Waals surface area contributed by atoms with Crippen LogP contribution in [0.1, 0.15) is 22.3 Å². The molecule has 0 saturated carbocycles. The zero-order chi connectivity index (χ0) is 29.9. The minimum Gasteiger partial charge on any atom is -0.367 e. The van der Waals surface area contributed by atoms with Crippen molar-refractivity contribution in [2.75, 3.05) is 0 Å². The van der Waals surface area contributed by atoms with Crippen molar-refractivity contribution in [3.8, 4) is 0 Å². The SMILES string of the molecule is NC(=O)C1([C@](Cc2ccccc2)(c2ccc(F)cc2)c2cc(F)cc(C(F)(F)F)c2)OC1(C(F)(F)F)C(F)(F)F. The van der Waals surface area contributed by atoms with Crippen LogP contribution in [0.25, 0.3) is 0 Å². The van der Waals surface area contributed by atoms with Crippen LogP contribution in [0.3, 0.4) is 0 Å². The third kappa shape index (κ3) is 4.19. The van der Waals surface area contributed by atoms with E-state index in [0.717, 1.165) is 0 Å². The molecule has 2 atom stereocenters. The number of nitrogens with two attached hydrogens (primary N) is 1. The van der Waals surface area contributed by atoms with Crippen molar-refractivity contribution in [1.29, 1.82) is 0 Å². The van der Waals surface area contributed by atoms with Gasteiger partial charge < -0.3 is 10.5 Å². The number of hydrogen-bond donors (Lipinski definition) is 1. The molecule has 3 aromatic carbocycles. The monoisotopic (exact) mass is 583 g/mol. The summed E-state index contributed by atoms with van der Waals surface area (Å²) in [5.41, 5.74) is -11.3. The van der Waals surface area contributed by atoms with E-state index in [9.17, 15) is 53.1 Å². The second-order valence-electron chi connectivity index (χ2n) is 9.13. The fourth-order valence-electron chi connectivity index (χ4n) is 5.24. The molecule has 1 heterocycles. The van der Waals surface area contributed by atoms with Crippen molar-refractivity contribution in [1.82, 2.24) is 0 Å². The van der Waals surface area contributed by atoms with Gasteiger partial charge in [-0.3, -0.25) is 4.79 Å². The molecule has 1 saturated heterocycles. The Morgan fingerprint density at radius 1 is 0.700 bits per heavy atom. The molecule has 3 aromatic rings. The first kappa shape index (κ1) is 29.3. The fraction of sp³-hybridized carbons (Fsp3) is 0.269. The molecule has 1 fully saturated rings. The van der Waals surface area contributed by atoms with Crippen LogP contribution < -0.4 is 5.73 Å². The van der Waals surface area contributed by atoms with Gasteiger partial charge in [-0.1, -0.05) is 42.5 Å². The third-order valence-electron chi connectivity index (χ3n) is 6.87. The molecule has 0 spiro atoms. The lowest BCUT2D eigenvalue weighted by Crippen LogP contribution is -2.64. The molecule has 1 aliphatic heterocycles. The summed E-state index contributed by atoms with van der Waals surface area (Å²) in [5, 5.41) is 0. The summed E-state index contributed by atoms with van der Waals surface area (Å²) in [4.78, 5) is 12.9. The lowest BCUT2D eigenvalue weighted by molar-refractivity contribution is -0.293. The van der Waals surface area contributed by atoms with Gasteiger partial charge in [-0.25, -0.2) is 8.78 Å². The smallest absolute Gasteiger partial charge is 0.367 e. The molecule has 0 bridgehead atoms. The zero-order valence-electron chi connectivity index (χ0n) is 19.7. The van der Waals surface area contributed by atoms with E-state index in [1.165, 1.54) is 30.3 Å². The molecule has 2 N–H and O–H groups in total. The number of primary amides is 1. The Morgan fingerprint density at radius 2 is 1.23 bits per heavy atom. The zero-order valence-corrected chi connectivity index (χ0v) is 19.7. The second-order valence-corrected chi connectivity index (χ2v) is 9.13. The molecule has 214 valence electrons. The van der Waals surface area contributed by atoms with Gasteiger partial charge in [0, 0.05) is 0 Å². The molecular formula is C26H16F11NO2. The highest BCUT2D eigenvalue weighted by atomic mass is 19.4. The number of carbonyl (C=O) groups is 1. The topological polar surface area (TPSA) is 55.6 Å². The molecule has 14 heteroatoms. The van der Waals surface area contributed by atoms with Gasteiger partial charge in [0.1, 0.15) is 11.6 Å². The van der Waals surface area contributed by atoms with Gasteiger partial charge >= 0.3 is 18.5 Å². The maximum atomic E-state index is 14.7. The number of carbonyl (C=O) groups excluding carboxylic acids is 1. The summed E-state index contributed by atoms with van der Waals surface area (Å²) in [6, 6.07) is 9.28. The first-order chi connectivity index (χ1) is 18.3. The number of epoxide rings is 1. The van der Waals surface area contributed by atoms with E-state index in [2.05, 4.69) is 4.74 Å². The lowest BCUT2D eigenvalue weighted by atomic mass is 9.58. The van der Waals surface area contributed by atoms with Gasteiger partial charge in [-0.15, -0.1) is 0 Å². The van der Waals surface area contributed by atoms with Gasteiger partial charge in [0.15, 0.2) is 0 Å². The highest BCUT2D eigenvalue weighted by Crippen LogP contribution is 2.72. The summed E-state index contributed by atoms with van der Waals surface area (Å²) >= 11 is 0. The number of hydrogen-bond acceptors (Lipinski definition) is 2. The first-order valence-electron chi connectivity index (χ1n) is 11.2. The van der Waals surface area contributed by atoms with E-state index in [4.69, 9.17) is 5.73 Å². The lowest BCUT2D eigenvalue weighted by Gasteiger charge is -2.41. The molecule has 0 aromatic heterocycles. The molecule has 3 nitrogen and oxygen atoms in total. The molecule has 1 amide bonds. The Bertz CT molecular complexity index is 1400. The highest BCUT2D eigenvalue weighted by Gasteiger charge is 3.00. The van der Waals surface area contributed by atoms with E-state index in [0.29, 0.717) is 24.3 Å². The van der Waals surface area contributed by atoms with E-state index < -0.39 is 75.8 Å². The molecule has 1 unspecified atom stereocenters. The van der Waals surface area contributed by atoms with Crippen LogP contribution in [0.4, 0.5) is 48.3 Å². The van der Waals surface area contributed by atoms with Gasteiger partial charge in [-0.2, -0.15) is 39.5 Å². The number of benzene rings is 3. The second kappa shape index (κ2) is 9.18. The van der Waals surface area contributed by atoms with Crippen molar-refractivity contribution in [3.05, 3.63) is 107 Å². The molecule has 0 radical (unpaired) electrons. The fourth-order valence-corrected chi connectivity index (χ4v) is 5.24. The van der Waals surface area contributed by atoms with Crippen LogP contribution in [-0.2, 0) is 27.5 Å². The summed E-state index contributed by atoms with van der Waals surface area (Å²) in [6.45, 7) is 0. The molecule has 4 rings (SSSR count). The quantitative estimate of drug-likeness (QED) is 0.262. The normalized spacial score (nSPS) is 20.6. The standard InChI is InChI=1S/C26H16F11NO2/c27-18-8-6-15(7-9-18)21(13-14-4-2-1-3-5-14,16-10-17(23(29,30)31)12-19(28)11-16)22(20(38)39)24(40-22,25(32,33)34)26(35,36)37/h1-12H,13H2,(H2,38,39)/t21-,22?/m1/s1. The van der Waals surface area contributed by atoms with Gasteiger partial charge in [0.25, 0.3) is 11.5 Å². The Balaban J connectivity index is 2.25. The average molecular weight is 583 g/mol. The number of alkyl halides is 9. The van der Waals surface area contributed by atoms with E-state index in [1.807, 2.05) is 0 Å². The molecule has 0 aliphatic carbocycles. The van der Waals surface area contributed by atoms with Crippen LogP contribution >= 0.6 is 0 Å². The molecular weight excluding hydrogens is 567 g/mol. The van der Waals surface area contributed by atoms with Gasteiger partial charge in [-0.05, 0) is 53.4 Å². The van der Waals surface area contributed by atoms with Crippen molar-refractivity contribution in [2.24, 2.45) is 5.73 Å². The van der Waals surface area contributed by atoms with E-state index in [1.54, 1.807) is 0 Å². The number of ether oxygens (including phenoxy) is 1. The third-order valence-corrected chi connectivity index (χ3v) is 6.87. The summed E-state index contributed by atoms with van der Waals surface area (Å²) < 4.78 is 161. The van der Waals surface area contributed by atoms with Crippen molar-refractivity contribution in [2.45, 2.75) is 41.6 Å². The molecule has 1 aliphatic rings. The predicted molar refractivity (Wildman–Crippen MR) is 117 cm³/mol. The maximum Gasteiger partial charge on any atom is 0.430 e. The van der Waals surface area contributed by atoms with Crippen LogP contribution in [0.5, 0.6) is 0 Å². The van der Waals surface area contributed by atoms with Crippen LogP contribution in [0, 0.1) is 11.6 Å². The van der Waals surface area contributed by atoms with Crippen LogP contribution in [0.2, 0.25) is 0 Å². The van der Waals surface area contributed by atoms with E-state index in [-0.39, 0.29) is 23.8 Å². The average Bonchev–Trinajstić information content (AvgIpc) is 3.58. The largest absolute Gasteiger partial charge is 0.430 e. The van der Waals surface area contributed by atoms with Gasteiger partial charge in [0.05, 0.1) is 11.0 Å². The Morgan fingerprint density at radius 3 is 1.68 bits per heavy atom. The summed E-state index contributed by atoms with van der Waals surface area (Å²) in [6.07, 6.45) is -19.2. The minimum absolute atomic E-state index is 0.0348. The Kier molecular flexibility index (Phi) is 6.73. The van der Waals surface area contributed by atoms with E-state index >= 15 is 0 Å². The van der Waals surface area contributed by atoms with Crippen molar-refractivity contribution >= 4 is 5.91 Å². The molecule has 40 heavy (non-hydrogen) atoms. The van der Waals surface area contributed by atoms with Gasteiger partial charge in [0.2, 0.25) is 5.60 Å². The predicted octanol–water partition coefficient (Wildman–Crippen LogP) is 6.63. The van der Waals surface area contributed by atoms with Crippen molar-refractivity contribution in [3.63, 3.8) is 0 Å². The Labute approximate surface area is 218 Å². The Hall–Kier alpha value is -3.68. The highest BCUT2D eigenvalue weighted by molar-refractivity contribution is 5.93. The van der Waals surface area contributed by atoms with Crippen LogP contribution in [-0.4, -0.2) is 29.5 Å². The maximum absolute atomic E-state index is 14.7. The number of halogens is 11. The summed E-state index contributed by atoms with van der Waals surface area (Å²) in [7, 11) is 0. The number of amides is 1.